The quantitative estimate of drug-likeness (QED) is 0.751. The van der Waals surface area contributed by atoms with E-state index in [-0.39, 0.29) is 0 Å². The Morgan fingerprint density at radius 1 is 1.69 bits per heavy atom. The standard InChI is InChI=1S/C11H14N4O/c1-8-4-10(13)11(14-6-8)15-2-3-16-9(5-12)7-15/h4,6,9H,2-3,7,13H2,1H3. The number of pyridine rings is 1. The van der Waals surface area contributed by atoms with E-state index in [1.807, 2.05) is 17.9 Å². The average Bonchev–Trinajstić information content (AvgIpc) is 2.29. The smallest absolute Gasteiger partial charge is 0.161 e. The Hall–Kier alpha value is -1.80. The summed E-state index contributed by atoms with van der Waals surface area (Å²) < 4.78 is 5.27. The molecule has 1 fully saturated rings. The molecular formula is C11H14N4O. The highest BCUT2D eigenvalue weighted by atomic mass is 16.5. The molecule has 0 saturated carbocycles. The van der Waals surface area contributed by atoms with Crippen LogP contribution < -0.4 is 10.6 Å². The summed E-state index contributed by atoms with van der Waals surface area (Å²) in [5, 5.41) is 8.82. The van der Waals surface area contributed by atoms with Crippen molar-refractivity contribution in [2.75, 3.05) is 30.3 Å². The van der Waals surface area contributed by atoms with Crippen LogP contribution in [0.5, 0.6) is 0 Å². The maximum atomic E-state index is 8.82. The van der Waals surface area contributed by atoms with Crippen molar-refractivity contribution in [1.82, 2.24) is 4.98 Å². The third kappa shape index (κ3) is 2.07. The van der Waals surface area contributed by atoms with Gasteiger partial charge in [-0.1, -0.05) is 0 Å². The van der Waals surface area contributed by atoms with Gasteiger partial charge in [-0.3, -0.25) is 0 Å². The Morgan fingerprint density at radius 2 is 2.50 bits per heavy atom. The van der Waals surface area contributed by atoms with Crippen molar-refractivity contribution in [2.45, 2.75) is 13.0 Å². The number of nitrogens with two attached hydrogens (primary N) is 1. The maximum Gasteiger partial charge on any atom is 0.161 e. The third-order valence-electron chi connectivity index (χ3n) is 2.54. The minimum absolute atomic E-state index is 0.392. The second-order valence-corrected chi connectivity index (χ2v) is 3.86. The van der Waals surface area contributed by atoms with Gasteiger partial charge in [0.05, 0.1) is 24.9 Å². The number of anilines is 2. The van der Waals surface area contributed by atoms with Crippen molar-refractivity contribution in [1.29, 1.82) is 5.26 Å². The fourth-order valence-corrected chi connectivity index (χ4v) is 1.77. The number of aromatic nitrogens is 1. The van der Waals surface area contributed by atoms with E-state index >= 15 is 0 Å². The number of nitrogens with zero attached hydrogens (tertiary/aromatic N) is 3. The van der Waals surface area contributed by atoms with Gasteiger partial charge >= 0.3 is 0 Å². The monoisotopic (exact) mass is 218 g/mol. The predicted molar refractivity (Wildman–Crippen MR) is 61.0 cm³/mol. The molecule has 5 nitrogen and oxygen atoms in total. The highest BCUT2D eigenvalue weighted by Gasteiger charge is 2.22. The Balaban J connectivity index is 2.20. The molecule has 1 aromatic heterocycles. The first-order chi connectivity index (χ1) is 7.70. The summed E-state index contributed by atoms with van der Waals surface area (Å²) in [4.78, 5) is 6.30. The van der Waals surface area contributed by atoms with E-state index in [1.165, 1.54) is 0 Å². The Morgan fingerprint density at radius 3 is 3.19 bits per heavy atom. The number of nitriles is 1. The van der Waals surface area contributed by atoms with E-state index in [1.54, 1.807) is 6.20 Å². The molecule has 84 valence electrons. The van der Waals surface area contributed by atoms with Gasteiger partial charge < -0.3 is 15.4 Å². The lowest BCUT2D eigenvalue weighted by Crippen LogP contribution is -2.42. The second-order valence-electron chi connectivity index (χ2n) is 3.86. The predicted octanol–water partition coefficient (Wildman–Crippen LogP) is 0.701. The highest BCUT2D eigenvalue weighted by Crippen LogP contribution is 2.22. The Kier molecular flexibility index (Phi) is 2.93. The van der Waals surface area contributed by atoms with Gasteiger partial charge in [-0.05, 0) is 18.6 Å². The number of aryl methyl sites for hydroxylation is 1. The maximum absolute atomic E-state index is 8.82. The van der Waals surface area contributed by atoms with Crippen LogP contribution >= 0.6 is 0 Å². The molecule has 1 unspecified atom stereocenters. The summed E-state index contributed by atoms with van der Waals surface area (Å²) in [5.74, 6) is 0.745. The van der Waals surface area contributed by atoms with E-state index < -0.39 is 6.10 Å². The molecule has 0 aromatic carbocycles. The van der Waals surface area contributed by atoms with E-state index in [2.05, 4.69) is 11.1 Å². The Bertz CT molecular complexity index is 426. The summed E-state index contributed by atoms with van der Waals surface area (Å²) in [6.07, 6.45) is 1.39. The van der Waals surface area contributed by atoms with E-state index in [0.29, 0.717) is 18.8 Å². The average molecular weight is 218 g/mol. The molecule has 0 aliphatic carbocycles. The third-order valence-corrected chi connectivity index (χ3v) is 2.54. The normalized spacial score (nSPS) is 20.5. The van der Waals surface area contributed by atoms with Crippen LogP contribution in [-0.2, 0) is 4.74 Å². The molecule has 0 radical (unpaired) electrons. The molecule has 2 rings (SSSR count). The van der Waals surface area contributed by atoms with Crippen LogP contribution in [0.15, 0.2) is 12.3 Å². The van der Waals surface area contributed by atoms with Crippen molar-refractivity contribution >= 4 is 11.5 Å². The number of hydrogen-bond acceptors (Lipinski definition) is 5. The number of hydrogen-bond donors (Lipinski definition) is 1. The summed E-state index contributed by atoms with van der Waals surface area (Å²) in [5.41, 5.74) is 7.60. The zero-order valence-electron chi connectivity index (χ0n) is 9.18. The zero-order chi connectivity index (χ0) is 11.5. The van der Waals surface area contributed by atoms with Gasteiger partial charge in [-0.25, -0.2) is 4.98 Å². The topological polar surface area (TPSA) is 75.2 Å². The minimum Gasteiger partial charge on any atom is -0.396 e. The van der Waals surface area contributed by atoms with Crippen molar-refractivity contribution in [3.05, 3.63) is 17.8 Å². The van der Waals surface area contributed by atoms with Crippen molar-refractivity contribution < 1.29 is 4.74 Å². The van der Waals surface area contributed by atoms with E-state index in [0.717, 1.165) is 17.9 Å². The van der Waals surface area contributed by atoms with Crippen LogP contribution in [0.3, 0.4) is 0 Å². The molecule has 1 aliphatic rings. The fourth-order valence-electron chi connectivity index (χ4n) is 1.77. The first-order valence-corrected chi connectivity index (χ1v) is 5.19. The Labute approximate surface area is 94.4 Å². The van der Waals surface area contributed by atoms with E-state index in [4.69, 9.17) is 15.7 Å². The lowest BCUT2D eigenvalue weighted by molar-refractivity contribution is 0.0762. The molecule has 0 spiro atoms. The van der Waals surface area contributed by atoms with Crippen molar-refractivity contribution in [3.63, 3.8) is 0 Å². The molecule has 1 atom stereocenters. The van der Waals surface area contributed by atoms with Gasteiger partial charge in [0.1, 0.15) is 0 Å². The van der Waals surface area contributed by atoms with Crippen LogP contribution in [0, 0.1) is 18.3 Å². The number of rotatable bonds is 1. The first-order valence-electron chi connectivity index (χ1n) is 5.19. The summed E-state index contributed by atoms with van der Waals surface area (Å²) in [6, 6.07) is 3.99. The van der Waals surface area contributed by atoms with Gasteiger partial charge in [0.2, 0.25) is 0 Å². The zero-order valence-corrected chi connectivity index (χ0v) is 9.18. The van der Waals surface area contributed by atoms with Gasteiger partial charge in [0, 0.05) is 12.7 Å². The van der Waals surface area contributed by atoms with Crippen LogP contribution in [0.1, 0.15) is 5.56 Å². The summed E-state index contributed by atoms with van der Waals surface area (Å²) in [7, 11) is 0. The number of ether oxygens (including phenoxy) is 1. The van der Waals surface area contributed by atoms with Gasteiger partial charge in [0.15, 0.2) is 11.9 Å². The van der Waals surface area contributed by atoms with Crippen molar-refractivity contribution in [2.24, 2.45) is 0 Å². The first kappa shape index (κ1) is 10.7. The summed E-state index contributed by atoms with van der Waals surface area (Å²) >= 11 is 0. The fraction of sp³-hybridized carbons (Fsp3) is 0.455. The SMILES string of the molecule is Cc1cnc(N2CCOC(C#N)C2)c(N)c1. The molecule has 1 saturated heterocycles. The van der Waals surface area contributed by atoms with Gasteiger partial charge in [0.25, 0.3) is 0 Å². The van der Waals surface area contributed by atoms with Crippen LogP contribution in [0.4, 0.5) is 11.5 Å². The molecule has 1 aromatic rings. The molecule has 2 N–H and O–H groups in total. The largest absolute Gasteiger partial charge is 0.396 e. The highest BCUT2D eigenvalue weighted by molar-refractivity contribution is 5.63. The van der Waals surface area contributed by atoms with Crippen molar-refractivity contribution in [3.8, 4) is 6.07 Å². The minimum atomic E-state index is -0.392. The molecule has 5 heteroatoms. The summed E-state index contributed by atoms with van der Waals surface area (Å²) in [6.45, 7) is 3.73. The molecule has 0 bridgehead atoms. The van der Waals surface area contributed by atoms with Crippen LogP contribution in [-0.4, -0.2) is 30.8 Å². The molecule has 0 amide bonds. The molecular weight excluding hydrogens is 204 g/mol. The lowest BCUT2D eigenvalue weighted by Gasteiger charge is -2.31. The van der Waals surface area contributed by atoms with Gasteiger partial charge in [-0.15, -0.1) is 0 Å². The van der Waals surface area contributed by atoms with E-state index in [9.17, 15) is 0 Å². The molecule has 16 heavy (non-hydrogen) atoms. The second kappa shape index (κ2) is 4.37. The number of nitrogen functional groups attached to an aromatic ring is 1. The van der Waals surface area contributed by atoms with Gasteiger partial charge in [-0.2, -0.15) is 5.26 Å². The molecule has 1 aliphatic heterocycles. The van der Waals surface area contributed by atoms with Crippen LogP contribution in [0.2, 0.25) is 0 Å². The molecule has 2 heterocycles. The number of morpholine rings is 1. The van der Waals surface area contributed by atoms with Crippen LogP contribution in [0.25, 0.3) is 0 Å². The lowest BCUT2D eigenvalue weighted by atomic mass is 10.2.